The van der Waals surface area contributed by atoms with Gasteiger partial charge in [-0.25, -0.2) is 22.9 Å². The molecule has 1 aromatic heterocycles. The maximum absolute atomic E-state index is 13.2. The van der Waals surface area contributed by atoms with Crippen molar-refractivity contribution < 1.29 is 22.7 Å². The number of nitrogens with zero attached hydrogens (tertiary/aromatic N) is 2. The third kappa shape index (κ3) is 7.78. The molecular weight excluding hydrogens is 562 g/mol. The molecule has 4 rings (SSSR count). The molecule has 2 fully saturated rings. The Morgan fingerprint density at radius 1 is 1.10 bits per heavy atom. The van der Waals surface area contributed by atoms with Crippen LogP contribution in [0.15, 0.2) is 29.3 Å². The molecule has 2 amide bonds. The van der Waals surface area contributed by atoms with E-state index in [4.69, 9.17) is 4.74 Å². The molecule has 1 saturated carbocycles. The first-order valence-corrected chi connectivity index (χ1v) is 16.9. The lowest BCUT2D eigenvalue weighted by molar-refractivity contribution is -0.139. The highest BCUT2D eigenvalue weighted by Gasteiger charge is 2.33. The molecule has 0 spiro atoms. The van der Waals surface area contributed by atoms with Crippen LogP contribution in [0.2, 0.25) is 0 Å². The second-order valence-corrected chi connectivity index (χ2v) is 14.1. The van der Waals surface area contributed by atoms with Gasteiger partial charge in [0.1, 0.15) is 0 Å². The molecule has 0 bridgehead atoms. The van der Waals surface area contributed by atoms with Crippen molar-refractivity contribution in [3.8, 4) is 10.4 Å². The maximum atomic E-state index is 13.2. The number of nitrogens with one attached hydrogen (secondary N) is 3. The van der Waals surface area contributed by atoms with Crippen molar-refractivity contribution in [1.29, 1.82) is 0 Å². The minimum atomic E-state index is -3.75. The zero-order valence-electron chi connectivity index (χ0n) is 24.6. The fourth-order valence-corrected chi connectivity index (χ4v) is 7.75. The summed E-state index contributed by atoms with van der Waals surface area (Å²) in [6.07, 6.45) is 5.52. The van der Waals surface area contributed by atoms with Crippen LogP contribution in [0.5, 0.6) is 0 Å². The molecule has 10 nitrogen and oxygen atoms in total. The number of carbonyl (C=O) groups is 2. The summed E-state index contributed by atoms with van der Waals surface area (Å²) in [5.41, 5.74) is 1.33. The highest BCUT2D eigenvalue weighted by molar-refractivity contribution is 7.89. The molecular formula is C29H43N5O5S2. The number of alkyl carbamates (subject to hydrolysis) is 1. The topological polar surface area (TPSA) is 130 Å². The maximum Gasteiger partial charge on any atom is 0.407 e. The third-order valence-electron chi connectivity index (χ3n) is 7.73. The van der Waals surface area contributed by atoms with Gasteiger partial charge in [0, 0.05) is 55.0 Å². The van der Waals surface area contributed by atoms with Gasteiger partial charge in [-0.3, -0.25) is 4.79 Å². The number of carbonyl (C=O) groups excluding carboxylic acids is 2. The summed E-state index contributed by atoms with van der Waals surface area (Å²) in [7, 11) is -3.75. The molecule has 226 valence electrons. The Morgan fingerprint density at radius 3 is 2.44 bits per heavy atom. The SMILES string of the molecule is CCNS(=O)(=O)c1cc(NC2CN(C(=O)C(C)CC)C2)ccc1-c1cnc(C2CCC(NC(=O)OC(C)C)CC2)s1. The zero-order chi connectivity index (χ0) is 29.7. The Labute approximate surface area is 247 Å². The van der Waals surface area contributed by atoms with E-state index in [0.717, 1.165) is 42.0 Å². The average molecular weight is 606 g/mol. The van der Waals surface area contributed by atoms with Crippen molar-refractivity contribution in [2.45, 2.75) is 95.7 Å². The van der Waals surface area contributed by atoms with Crippen molar-refractivity contribution in [2.75, 3.05) is 25.0 Å². The molecule has 1 aromatic carbocycles. The number of rotatable bonds is 11. The molecule has 0 radical (unpaired) electrons. The molecule has 1 atom stereocenters. The number of ether oxygens (including phenoxy) is 1. The summed E-state index contributed by atoms with van der Waals surface area (Å²) in [4.78, 5) is 31.9. The van der Waals surface area contributed by atoms with Crippen LogP contribution in [0.4, 0.5) is 10.5 Å². The molecule has 1 aliphatic heterocycles. The van der Waals surface area contributed by atoms with Gasteiger partial charge in [-0.2, -0.15) is 0 Å². The highest BCUT2D eigenvalue weighted by Crippen LogP contribution is 2.40. The molecule has 2 aliphatic rings. The predicted molar refractivity (Wildman–Crippen MR) is 162 cm³/mol. The smallest absolute Gasteiger partial charge is 0.407 e. The van der Waals surface area contributed by atoms with Crippen LogP contribution in [0.1, 0.15) is 77.6 Å². The number of benzene rings is 1. The van der Waals surface area contributed by atoms with Crippen molar-refractivity contribution in [3.63, 3.8) is 0 Å². The van der Waals surface area contributed by atoms with Crippen LogP contribution >= 0.6 is 11.3 Å². The molecule has 1 aliphatic carbocycles. The van der Waals surface area contributed by atoms with Crippen LogP contribution in [-0.2, 0) is 19.6 Å². The Balaban J connectivity index is 1.45. The van der Waals surface area contributed by atoms with Gasteiger partial charge in [-0.15, -0.1) is 11.3 Å². The quantitative estimate of drug-likeness (QED) is 0.331. The number of sulfonamides is 1. The molecule has 1 unspecified atom stereocenters. The molecule has 12 heteroatoms. The fraction of sp³-hybridized carbons (Fsp3) is 0.621. The van der Waals surface area contributed by atoms with E-state index in [9.17, 15) is 18.0 Å². The fourth-order valence-electron chi connectivity index (χ4n) is 5.28. The first kappa shape index (κ1) is 31.2. The van der Waals surface area contributed by atoms with Crippen LogP contribution in [-0.4, -0.2) is 68.1 Å². The van der Waals surface area contributed by atoms with Crippen LogP contribution in [0.25, 0.3) is 10.4 Å². The van der Waals surface area contributed by atoms with Crippen LogP contribution in [0.3, 0.4) is 0 Å². The second-order valence-electron chi connectivity index (χ2n) is 11.3. The number of hydrogen-bond acceptors (Lipinski definition) is 8. The minimum Gasteiger partial charge on any atom is -0.447 e. The number of thiazole rings is 1. The molecule has 1 saturated heterocycles. The van der Waals surface area contributed by atoms with Crippen molar-refractivity contribution in [3.05, 3.63) is 29.4 Å². The lowest BCUT2D eigenvalue weighted by Crippen LogP contribution is -2.58. The van der Waals surface area contributed by atoms with Crippen molar-refractivity contribution in [2.24, 2.45) is 5.92 Å². The van der Waals surface area contributed by atoms with E-state index in [-0.39, 0.29) is 53.5 Å². The highest BCUT2D eigenvalue weighted by atomic mass is 32.2. The lowest BCUT2D eigenvalue weighted by atomic mass is 9.86. The number of anilines is 1. The van der Waals surface area contributed by atoms with E-state index in [0.29, 0.717) is 24.3 Å². The monoisotopic (exact) mass is 605 g/mol. The Morgan fingerprint density at radius 2 is 1.80 bits per heavy atom. The number of likely N-dealkylation sites (tertiary alicyclic amines) is 1. The largest absolute Gasteiger partial charge is 0.447 e. The summed E-state index contributed by atoms with van der Waals surface area (Å²) in [6.45, 7) is 10.9. The number of aromatic nitrogens is 1. The van der Waals surface area contributed by atoms with Gasteiger partial charge < -0.3 is 20.3 Å². The van der Waals surface area contributed by atoms with Gasteiger partial charge in [0.15, 0.2) is 0 Å². The van der Waals surface area contributed by atoms with E-state index in [1.807, 2.05) is 44.7 Å². The standard InChI is InChI=1S/C29H43N5O5S2/c1-6-19(5)28(35)34-16-23(17-34)32-22-12-13-24(26(14-22)41(37,38)31-7-2)25-15-30-27(40-25)20-8-10-21(11-9-20)33-29(36)39-18(3)4/h12-15,18-21,23,31-32H,6-11,16-17H2,1-5H3,(H,33,36). The van der Waals surface area contributed by atoms with Gasteiger partial charge >= 0.3 is 6.09 Å². The molecule has 3 N–H and O–H groups in total. The van der Waals surface area contributed by atoms with Gasteiger partial charge in [-0.05, 0) is 58.1 Å². The van der Waals surface area contributed by atoms with Crippen molar-refractivity contribution in [1.82, 2.24) is 19.9 Å². The number of amides is 2. The Kier molecular flexibility index (Phi) is 10.3. The van der Waals surface area contributed by atoms with Gasteiger partial charge in [0.05, 0.1) is 26.9 Å². The van der Waals surface area contributed by atoms with Crippen LogP contribution < -0.4 is 15.4 Å². The van der Waals surface area contributed by atoms with E-state index in [2.05, 4.69) is 20.3 Å². The number of hydrogen-bond donors (Lipinski definition) is 3. The summed E-state index contributed by atoms with van der Waals surface area (Å²) in [6, 6.07) is 5.58. The average Bonchev–Trinajstić information content (AvgIpc) is 3.39. The summed E-state index contributed by atoms with van der Waals surface area (Å²) in [5, 5.41) is 7.34. The normalized spacial score (nSPS) is 20.4. The van der Waals surface area contributed by atoms with Gasteiger partial charge in [0.25, 0.3) is 0 Å². The first-order chi connectivity index (χ1) is 19.5. The minimum absolute atomic E-state index is 0.0108. The van der Waals surface area contributed by atoms with E-state index in [1.54, 1.807) is 19.2 Å². The zero-order valence-corrected chi connectivity index (χ0v) is 26.2. The summed E-state index contributed by atoms with van der Waals surface area (Å²) >= 11 is 1.53. The Bertz CT molecular complexity index is 1310. The summed E-state index contributed by atoms with van der Waals surface area (Å²) < 4.78 is 34.3. The second kappa shape index (κ2) is 13.5. The third-order valence-corrected chi connectivity index (χ3v) is 10.5. The molecule has 2 heterocycles. The van der Waals surface area contributed by atoms with Crippen molar-refractivity contribution >= 4 is 39.0 Å². The van der Waals surface area contributed by atoms with Crippen LogP contribution in [0, 0.1) is 5.92 Å². The van der Waals surface area contributed by atoms with Gasteiger partial charge in [-0.1, -0.05) is 26.8 Å². The molecule has 41 heavy (non-hydrogen) atoms. The molecule has 2 aromatic rings. The van der Waals surface area contributed by atoms with E-state index >= 15 is 0 Å². The Hall–Kier alpha value is -2.70. The predicted octanol–water partition coefficient (Wildman–Crippen LogP) is 4.94. The first-order valence-electron chi connectivity index (χ1n) is 14.6. The summed E-state index contributed by atoms with van der Waals surface area (Å²) in [5.74, 6) is 0.440. The van der Waals surface area contributed by atoms with Gasteiger partial charge in [0.2, 0.25) is 15.9 Å². The van der Waals surface area contributed by atoms with E-state index < -0.39 is 10.0 Å². The lowest BCUT2D eigenvalue weighted by Gasteiger charge is -2.41. The van der Waals surface area contributed by atoms with E-state index in [1.165, 1.54) is 11.3 Å².